The second-order valence-corrected chi connectivity index (χ2v) is 6.21. The van der Waals surface area contributed by atoms with Gasteiger partial charge in [-0.3, -0.25) is 0 Å². The Morgan fingerprint density at radius 3 is 2.40 bits per heavy atom. The Morgan fingerprint density at radius 2 is 2.00 bits per heavy atom. The third-order valence-corrected chi connectivity index (χ3v) is 4.10. The van der Waals surface area contributed by atoms with Crippen LogP contribution in [0.25, 0.3) is 0 Å². The number of nitrogens with two attached hydrogens (primary N) is 1. The molecule has 1 rings (SSSR count). The molecular weight excluding hydrogens is 214 g/mol. The summed E-state index contributed by atoms with van der Waals surface area (Å²) in [5, 5.41) is 3.26. The first-order valence-electron chi connectivity index (χ1n) is 5.28. The van der Waals surface area contributed by atoms with Crippen molar-refractivity contribution in [3.8, 4) is 0 Å². The van der Waals surface area contributed by atoms with Gasteiger partial charge in [-0.25, -0.2) is 13.1 Å². The van der Waals surface area contributed by atoms with Gasteiger partial charge in [-0.15, -0.1) is 0 Å². The lowest BCUT2D eigenvalue weighted by atomic mass is 9.74. The molecule has 5 nitrogen and oxygen atoms in total. The summed E-state index contributed by atoms with van der Waals surface area (Å²) in [4.78, 5) is 0. The number of sulfonamides is 1. The van der Waals surface area contributed by atoms with Crippen molar-refractivity contribution in [2.24, 2.45) is 11.1 Å². The molecule has 0 saturated carbocycles. The predicted octanol–water partition coefficient (Wildman–Crippen LogP) is -0.747. The van der Waals surface area contributed by atoms with E-state index in [0.29, 0.717) is 6.54 Å². The lowest BCUT2D eigenvalue weighted by Crippen LogP contribution is -2.54. The molecule has 0 radical (unpaired) electrons. The van der Waals surface area contributed by atoms with Crippen molar-refractivity contribution in [2.75, 3.05) is 25.9 Å². The van der Waals surface area contributed by atoms with Crippen LogP contribution in [0, 0.1) is 5.41 Å². The highest BCUT2D eigenvalue weighted by Crippen LogP contribution is 2.31. The minimum absolute atomic E-state index is 0.0890. The van der Waals surface area contributed by atoms with Gasteiger partial charge in [0, 0.05) is 11.5 Å². The van der Waals surface area contributed by atoms with Crippen LogP contribution >= 0.6 is 0 Å². The fourth-order valence-corrected chi connectivity index (χ4v) is 3.08. The summed E-state index contributed by atoms with van der Waals surface area (Å²) in [5.41, 5.74) is 5.71. The van der Waals surface area contributed by atoms with Crippen LogP contribution in [0.5, 0.6) is 0 Å². The average Bonchev–Trinajstić information content (AvgIpc) is 2.16. The van der Waals surface area contributed by atoms with Gasteiger partial charge in [-0.2, -0.15) is 0 Å². The number of nitrogens with one attached hydrogen (secondary N) is 2. The van der Waals surface area contributed by atoms with Crippen LogP contribution in [0.4, 0.5) is 0 Å². The molecular formula is C9H21N3O2S. The lowest BCUT2D eigenvalue weighted by molar-refractivity contribution is 0.165. The van der Waals surface area contributed by atoms with Crippen molar-refractivity contribution in [2.45, 2.75) is 25.8 Å². The number of piperidine rings is 1. The Kier molecular flexibility index (Phi) is 4.11. The van der Waals surface area contributed by atoms with Gasteiger partial charge in [-0.1, -0.05) is 0 Å². The molecule has 0 aromatic carbocycles. The molecule has 1 fully saturated rings. The molecule has 90 valence electrons. The SMILES string of the molecule is CC(NS(C)(=O)=O)C1(CN)CCNCC1. The Balaban J connectivity index is 2.72. The first-order chi connectivity index (χ1) is 6.90. The zero-order chi connectivity index (χ0) is 11.5. The van der Waals surface area contributed by atoms with Gasteiger partial charge >= 0.3 is 0 Å². The van der Waals surface area contributed by atoms with Crippen molar-refractivity contribution >= 4 is 10.0 Å². The number of hydrogen-bond acceptors (Lipinski definition) is 4. The maximum Gasteiger partial charge on any atom is 0.208 e. The largest absolute Gasteiger partial charge is 0.330 e. The summed E-state index contributed by atoms with van der Waals surface area (Å²) in [7, 11) is -3.15. The fraction of sp³-hybridized carbons (Fsp3) is 1.00. The molecule has 1 aliphatic rings. The Bertz CT molecular complexity index is 296. The highest BCUT2D eigenvalue weighted by Gasteiger charge is 2.37. The van der Waals surface area contributed by atoms with Crippen molar-refractivity contribution in [1.29, 1.82) is 0 Å². The third-order valence-electron chi connectivity index (χ3n) is 3.32. The third kappa shape index (κ3) is 3.41. The van der Waals surface area contributed by atoms with Crippen LogP contribution in [0.15, 0.2) is 0 Å². The summed E-state index contributed by atoms with van der Waals surface area (Å²) in [5.74, 6) is 0. The smallest absolute Gasteiger partial charge is 0.208 e. The lowest BCUT2D eigenvalue weighted by Gasteiger charge is -2.41. The molecule has 1 aliphatic heterocycles. The highest BCUT2D eigenvalue weighted by atomic mass is 32.2. The molecule has 4 N–H and O–H groups in total. The molecule has 0 amide bonds. The molecule has 0 spiro atoms. The van der Waals surface area contributed by atoms with Crippen LogP contribution in [0.3, 0.4) is 0 Å². The summed E-state index contributed by atoms with van der Waals surface area (Å²) in [6, 6.07) is -0.0976. The van der Waals surface area contributed by atoms with Gasteiger partial charge in [0.25, 0.3) is 0 Å². The molecule has 15 heavy (non-hydrogen) atoms. The van der Waals surface area contributed by atoms with Gasteiger partial charge in [0.05, 0.1) is 6.26 Å². The van der Waals surface area contributed by atoms with Crippen LogP contribution < -0.4 is 15.8 Å². The van der Waals surface area contributed by atoms with E-state index >= 15 is 0 Å². The van der Waals surface area contributed by atoms with Gasteiger partial charge in [0.1, 0.15) is 0 Å². The molecule has 0 aromatic heterocycles. The van der Waals surface area contributed by atoms with E-state index in [1.165, 1.54) is 6.26 Å². The van der Waals surface area contributed by atoms with E-state index in [4.69, 9.17) is 5.73 Å². The maximum atomic E-state index is 11.2. The first-order valence-corrected chi connectivity index (χ1v) is 7.17. The molecule has 0 aromatic rings. The van der Waals surface area contributed by atoms with Crippen LogP contribution in [0.2, 0.25) is 0 Å². The van der Waals surface area contributed by atoms with E-state index in [9.17, 15) is 8.42 Å². The Morgan fingerprint density at radius 1 is 1.47 bits per heavy atom. The normalized spacial score (nSPS) is 23.7. The molecule has 1 saturated heterocycles. The minimum atomic E-state index is -3.15. The van der Waals surface area contributed by atoms with E-state index < -0.39 is 10.0 Å². The zero-order valence-electron chi connectivity index (χ0n) is 9.41. The Labute approximate surface area is 91.9 Å². The van der Waals surface area contributed by atoms with Gasteiger partial charge in [0.15, 0.2) is 0 Å². The molecule has 1 unspecified atom stereocenters. The van der Waals surface area contributed by atoms with Gasteiger partial charge in [0.2, 0.25) is 10.0 Å². The van der Waals surface area contributed by atoms with Crippen molar-refractivity contribution in [1.82, 2.24) is 10.0 Å². The van der Waals surface area contributed by atoms with Crippen LogP contribution in [0.1, 0.15) is 19.8 Å². The molecule has 6 heteroatoms. The van der Waals surface area contributed by atoms with Gasteiger partial charge < -0.3 is 11.1 Å². The fourth-order valence-electron chi connectivity index (χ4n) is 2.18. The maximum absolute atomic E-state index is 11.2. The summed E-state index contributed by atoms with van der Waals surface area (Å²) in [6.45, 7) is 4.25. The van der Waals surface area contributed by atoms with Crippen LogP contribution in [-0.2, 0) is 10.0 Å². The number of rotatable bonds is 4. The summed E-state index contributed by atoms with van der Waals surface area (Å²) in [6.07, 6.45) is 3.04. The quantitative estimate of drug-likeness (QED) is 0.599. The van der Waals surface area contributed by atoms with E-state index in [1.807, 2.05) is 6.92 Å². The van der Waals surface area contributed by atoms with Crippen molar-refractivity contribution < 1.29 is 8.42 Å². The average molecular weight is 235 g/mol. The van der Waals surface area contributed by atoms with E-state index in [-0.39, 0.29) is 11.5 Å². The van der Waals surface area contributed by atoms with Crippen molar-refractivity contribution in [3.05, 3.63) is 0 Å². The van der Waals surface area contributed by atoms with Crippen LogP contribution in [-0.4, -0.2) is 40.3 Å². The predicted molar refractivity (Wildman–Crippen MR) is 61.0 cm³/mol. The van der Waals surface area contributed by atoms with Crippen molar-refractivity contribution in [3.63, 3.8) is 0 Å². The second-order valence-electron chi connectivity index (χ2n) is 4.43. The molecule has 1 heterocycles. The van der Waals surface area contributed by atoms with E-state index in [1.54, 1.807) is 0 Å². The summed E-state index contributed by atoms with van der Waals surface area (Å²) < 4.78 is 25.0. The van der Waals surface area contributed by atoms with Gasteiger partial charge in [-0.05, 0) is 39.4 Å². The molecule has 0 aliphatic carbocycles. The minimum Gasteiger partial charge on any atom is -0.330 e. The summed E-state index contributed by atoms with van der Waals surface area (Å²) >= 11 is 0. The molecule has 1 atom stereocenters. The molecule has 0 bridgehead atoms. The first kappa shape index (κ1) is 12.9. The second kappa shape index (κ2) is 4.78. The highest BCUT2D eigenvalue weighted by molar-refractivity contribution is 7.88. The van der Waals surface area contributed by atoms with E-state index in [0.717, 1.165) is 25.9 Å². The Hall–Kier alpha value is -0.170. The van der Waals surface area contributed by atoms with E-state index in [2.05, 4.69) is 10.0 Å². The standard InChI is InChI=1S/C9H21N3O2S/c1-8(12-15(2,13)14)9(7-10)3-5-11-6-4-9/h8,11-12H,3-7,10H2,1-2H3. The zero-order valence-corrected chi connectivity index (χ0v) is 10.2. The topological polar surface area (TPSA) is 84.2 Å². The monoisotopic (exact) mass is 235 g/mol. The number of hydrogen-bond donors (Lipinski definition) is 3.